The van der Waals surface area contributed by atoms with E-state index < -0.39 is 0 Å². The fourth-order valence-electron chi connectivity index (χ4n) is 1.44. The van der Waals surface area contributed by atoms with Gasteiger partial charge in [0.05, 0.1) is 0 Å². The summed E-state index contributed by atoms with van der Waals surface area (Å²) in [5.74, 6) is -0.175. The lowest BCUT2D eigenvalue weighted by atomic mass is 10.2. The van der Waals surface area contributed by atoms with Crippen molar-refractivity contribution >= 4 is 43.2 Å². The Kier molecular flexibility index (Phi) is 4.73. The third-order valence-corrected chi connectivity index (χ3v) is 4.72. The van der Waals surface area contributed by atoms with Crippen LogP contribution in [0.2, 0.25) is 0 Å². The number of hydrogen-bond donors (Lipinski definition) is 1. The van der Waals surface area contributed by atoms with Gasteiger partial charge in [0.15, 0.2) is 0 Å². The Labute approximate surface area is 120 Å². The molecule has 0 amide bonds. The predicted octanol–water partition coefficient (Wildman–Crippen LogP) is 4.70. The molecule has 1 heterocycles. The molecule has 0 saturated carbocycles. The van der Waals surface area contributed by atoms with Crippen LogP contribution in [0.1, 0.15) is 10.4 Å². The van der Waals surface area contributed by atoms with Crippen molar-refractivity contribution in [2.75, 3.05) is 0 Å². The van der Waals surface area contributed by atoms with E-state index in [0.717, 1.165) is 15.5 Å². The molecule has 0 radical (unpaired) electrons. The summed E-state index contributed by atoms with van der Waals surface area (Å²) in [6.07, 6.45) is 0. The van der Waals surface area contributed by atoms with E-state index in [1.165, 1.54) is 10.9 Å². The quantitative estimate of drug-likeness (QED) is 0.812. The third-order valence-electron chi connectivity index (χ3n) is 2.30. The molecule has 0 unspecified atom stereocenters. The highest BCUT2D eigenvalue weighted by atomic mass is 79.9. The average molecular weight is 379 g/mol. The average Bonchev–Trinajstić information content (AvgIpc) is 2.70. The van der Waals surface area contributed by atoms with Crippen molar-refractivity contribution in [1.82, 2.24) is 5.32 Å². The number of benzene rings is 1. The van der Waals surface area contributed by atoms with Gasteiger partial charge in [0.25, 0.3) is 0 Å². The third kappa shape index (κ3) is 3.61. The molecule has 0 spiro atoms. The highest BCUT2D eigenvalue weighted by molar-refractivity contribution is 9.10. The van der Waals surface area contributed by atoms with Gasteiger partial charge in [-0.3, -0.25) is 0 Å². The Hall–Kier alpha value is -0.230. The molecule has 2 aromatic rings. The van der Waals surface area contributed by atoms with Gasteiger partial charge in [0.1, 0.15) is 5.82 Å². The Morgan fingerprint density at radius 2 is 2.00 bits per heavy atom. The van der Waals surface area contributed by atoms with Crippen LogP contribution in [0, 0.1) is 5.82 Å². The highest BCUT2D eigenvalue weighted by Crippen LogP contribution is 2.22. The molecule has 0 aliphatic carbocycles. The Morgan fingerprint density at radius 3 is 2.71 bits per heavy atom. The first-order chi connectivity index (χ1) is 8.16. The van der Waals surface area contributed by atoms with Crippen molar-refractivity contribution in [2.24, 2.45) is 0 Å². The van der Waals surface area contributed by atoms with E-state index in [4.69, 9.17) is 0 Å². The van der Waals surface area contributed by atoms with E-state index in [1.807, 2.05) is 11.4 Å². The summed E-state index contributed by atoms with van der Waals surface area (Å²) >= 11 is 8.49. The van der Waals surface area contributed by atoms with Crippen molar-refractivity contribution in [3.8, 4) is 0 Å². The number of thiophene rings is 1. The topological polar surface area (TPSA) is 12.0 Å². The van der Waals surface area contributed by atoms with Crippen molar-refractivity contribution in [2.45, 2.75) is 13.1 Å². The van der Waals surface area contributed by atoms with Crippen molar-refractivity contribution < 1.29 is 4.39 Å². The van der Waals surface area contributed by atoms with Crippen molar-refractivity contribution in [3.63, 3.8) is 0 Å². The molecule has 1 aromatic heterocycles. The van der Waals surface area contributed by atoms with E-state index in [9.17, 15) is 4.39 Å². The molecule has 1 nitrogen and oxygen atoms in total. The van der Waals surface area contributed by atoms with Crippen LogP contribution in [-0.4, -0.2) is 0 Å². The van der Waals surface area contributed by atoms with Crippen LogP contribution < -0.4 is 5.32 Å². The SMILES string of the molecule is Fc1ccc(Br)cc1CNCc1sccc1Br. The molecule has 0 aliphatic heterocycles. The predicted molar refractivity (Wildman–Crippen MR) is 76.7 cm³/mol. The minimum atomic E-state index is -0.175. The van der Waals surface area contributed by atoms with Gasteiger partial charge in [0, 0.05) is 32.5 Å². The van der Waals surface area contributed by atoms with Crippen LogP contribution in [0.15, 0.2) is 38.6 Å². The van der Waals surface area contributed by atoms with Gasteiger partial charge in [-0.05, 0) is 45.6 Å². The van der Waals surface area contributed by atoms with E-state index in [1.54, 1.807) is 23.5 Å². The molecule has 0 aliphatic rings. The molecule has 0 saturated heterocycles. The van der Waals surface area contributed by atoms with Gasteiger partial charge in [-0.25, -0.2) is 4.39 Å². The Bertz CT molecular complexity index is 513. The maximum absolute atomic E-state index is 13.4. The van der Waals surface area contributed by atoms with Crippen LogP contribution in [0.3, 0.4) is 0 Å². The lowest BCUT2D eigenvalue weighted by Crippen LogP contribution is -2.13. The highest BCUT2D eigenvalue weighted by Gasteiger charge is 2.04. The van der Waals surface area contributed by atoms with Crippen molar-refractivity contribution in [1.29, 1.82) is 0 Å². The monoisotopic (exact) mass is 377 g/mol. The molecule has 90 valence electrons. The van der Waals surface area contributed by atoms with Crippen LogP contribution in [0.4, 0.5) is 4.39 Å². The molecule has 5 heteroatoms. The van der Waals surface area contributed by atoms with Crippen LogP contribution in [0.5, 0.6) is 0 Å². The molecule has 2 rings (SSSR count). The molecule has 0 fully saturated rings. The maximum Gasteiger partial charge on any atom is 0.127 e. The van der Waals surface area contributed by atoms with E-state index in [0.29, 0.717) is 12.1 Å². The number of nitrogens with one attached hydrogen (secondary N) is 1. The minimum Gasteiger partial charge on any atom is -0.308 e. The zero-order valence-corrected chi connectivity index (χ0v) is 12.8. The summed E-state index contributed by atoms with van der Waals surface area (Å²) in [4.78, 5) is 1.22. The molecule has 0 atom stereocenters. The summed E-state index contributed by atoms with van der Waals surface area (Å²) in [6, 6.07) is 6.99. The van der Waals surface area contributed by atoms with Crippen LogP contribution in [-0.2, 0) is 13.1 Å². The lowest BCUT2D eigenvalue weighted by molar-refractivity contribution is 0.588. The Balaban J connectivity index is 1.94. The zero-order chi connectivity index (χ0) is 12.3. The molecule has 1 aromatic carbocycles. The van der Waals surface area contributed by atoms with Gasteiger partial charge in [-0.2, -0.15) is 0 Å². The Morgan fingerprint density at radius 1 is 1.18 bits per heavy atom. The molecule has 1 N–H and O–H groups in total. The van der Waals surface area contributed by atoms with Crippen molar-refractivity contribution in [3.05, 3.63) is 54.8 Å². The normalized spacial score (nSPS) is 10.8. The second kappa shape index (κ2) is 6.09. The lowest BCUT2D eigenvalue weighted by Gasteiger charge is -2.06. The summed E-state index contributed by atoms with van der Waals surface area (Å²) in [7, 11) is 0. The zero-order valence-electron chi connectivity index (χ0n) is 8.84. The maximum atomic E-state index is 13.4. The number of halogens is 3. The van der Waals surface area contributed by atoms with E-state index in [-0.39, 0.29) is 5.82 Å². The van der Waals surface area contributed by atoms with Gasteiger partial charge < -0.3 is 5.32 Å². The van der Waals surface area contributed by atoms with Crippen LogP contribution in [0.25, 0.3) is 0 Å². The van der Waals surface area contributed by atoms with E-state index in [2.05, 4.69) is 37.2 Å². The molecule has 0 bridgehead atoms. The first-order valence-electron chi connectivity index (χ1n) is 5.03. The molecular weight excluding hydrogens is 369 g/mol. The molecular formula is C12H10Br2FNS. The summed E-state index contributed by atoms with van der Waals surface area (Å²) in [5, 5.41) is 5.26. The molecule has 17 heavy (non-hydrogen) atoms. The summed E-state index contributed by atoms with van der Waals surface area (Å²) < 4.78 is 15.4. The smallest absolute Gasteiger partial charge is 0.127 e. The second-order valence-electron chi connectivity index (χ2n) is 3.53. The van der Waals surface area contributed by atoms with Gasteiger partial charge in [-0.1, -0.05) is 15.9 Å². The first-order valence-corrected chi connectivity index (χ1v) is 7.50. The van der Waals surface area contributed by atoms with Gasteiger partial charge in [-0.15, -0.1) is 11.3 Å². The largest absolute Gasteiger partial charge is 0.308 e. The van der Waals surface area contributed by atoms with E-state index >= 15 is 0 Å². The first kappa shape index (κ1) is 13.2. The van der Waals surface area contributed by atoms with Crippen LogP contribution >= 0.6 is 43.2 Å². The number of hydrogen-bond acceptors (Lipinski definition) is 2. The summed E-state index contributed by atoms with van der Waals surface area (Å²) in [6.45, 7) is 1.26. The minimum absolute atomic E-state index is 0.175. The van der Waals surface area contributed by atoms with Gasteiger partial charge >= 0.3 is 0 Å². The summed E-state index contributed by atoms with van der Waals surface area (Å²) in [5.41, 5.74) is 0.673. The fourth-order valence-corrected chi connectivity index (χ4v) is 3.31. The standard InChI is InChI=1S/C12H10Br2FNS/c13-9-1-2-11(15)8(5-9)6-16-7-12-10(14)3-4-17-12/h1-5,16H,6-7H2. The second-order valence-corrected chi connectivity index (χ2v) is 6.30. The fraction of sp³-hybridized carbons (Fsp3) is 0.167. The number of rotatable bonds is 4. The van der Waals surface area contributed by atoms with Gasteiger partial charge in [0.2, 0.25) is 0 Å².